The normalized spacial score (nSPS) is 16.0. The third-order valence-electron chi connectivity index (χ3n) is 4.87. The molecule has 2 heterocycles. The Hall–Kier alpha value is -2.73. The molecule has 134 valence electrons. The highest BCUT2D eigenvalue weighted by atomic mass is 19.1. The maximum absolute atomic E-state index is 13.0. The number of carbonyl (C=O) groups is 1. The fourth-order valence-corrected chi connectivity index (χ4v) is 3.46. The van der Waals surface area contributed by atoms with Gasteiger partial charge in [0.25, 0.3) is 5.91 Å². The molecular formula is C20H21FN4O. The summed E-state index contributed by atoms with van der Waals surface area (Å²) in [7, 11) is 0. The summed E-state index contributed by atoms with van der Waals surface area (Å²) in [6.07, 6.45) is 0.912. The fraction of sp³-hybridized carbons (Fsp3) is 0.300. The number of hydrogen-bond acceptors (Lipinski definition) is 3. The predicted molar refractivity (Wildman–Crippen MR) is 98.3 cm³/mol. The molecule has 0 radical (unpaired) electrons. The van der Waals surface area contributed by atoms with Gasteiger partial charge in [-0.15, -0.1) is 0 Å². The van der Waals surface area contributed by atoms with E-state index >= 15 is 0 Å². The number of aromatic amines is 1. The lowest BCUT2D eigenvalue weighted by Crippen LogP contribution is -2.35. The third kappa shape index (κ3) is 3.46. The Kier molecular flexibility index (Phi) is 4.67. The van der Waals surface area contributed by atoms with Crippen molar-refractivity contribution in [2.24, 2.45) is 0 Å². The number of halogens is 1. The molecule has 1 aliphatic rings. The third-order valence-corrected chi connectivity index (χ3v) is 4.87. The Morgan fingerprint density at radius 2 is 1.85 bits per heavy atom. The van der Waals surface area contributed by atoms with Crippen LogP contribution in [0.5, 0.6) is 0 Å². The molecule has 5 nitrogen and oxygen atoms in total. The van der Waals surface area contributed by atoms with Gasteiger partial charge < -0.3 is 4.90 Å². The van der Waals surface area contributed by atoms with Crippen LogP contribution in [0.25, 0.3) is 10.9 Å². The summed E-state index contributed by atoms with van der Waals surface area (Å²) in [5, 5.41) is 8.03. The number of aromatic nitrogens is 2. The molecule has 0 bridgehead atoms. The maximum Gasteiger partial charge on any atom is 0.275 e. The van der Waals surface area contributed by atoms with Gasteiger partial charge in [0.15, 0.2) is 5.69 Å². The van der Waals surface area contributed by atoms with E-state index < -0.39 is 0 Å². The molecule has 0 spiro atoms. The van der Waals surface area contributed by atoms with E-state index in [1.165, 1.54) is 12.1 Å². The summed E-state index contributed by atoms with van der Waals surface area (Å²) < 4.78 is 13.0. The molecule has 0 saturated carbocycles. The summed E-state index contributed by atoms with van der Waals surface area (Å²) in [4.78, 5) is 17.1. The molecule has 0 atom stereocenters. The summed E-state index contributed by atoms with van der Waals surface area (Å²) in [5.74, 6) is -0.237. The first-order valence-electron chi connectivity index (χ1n) is 8.90. The van der Waals surface area contributed by atoms with Gasteiger partial charge >= 0.3 is 0 Å². The van der Waals surface area contributed by atoms with Crippen LogP contribution in [-0.2, 0) is 6.54 Å². The predicted octanol–water partition coefficient (Wildman–Crippen LogP) is 3.05. The summed E-state index contributed by atoms with van der Waals surface area (Å²) >= 11 is 0. The van der Waals surface area contributed by atoms with Crippen molar-refractivity contribution in [3.63, 3.8) is 0 Å². The molecule has 1 aliphatic heterocycles. The zero-order chi connectivity index (χ0) is 17.9. The van der Waals surface area contributed by atoms with E-state index in [2.05, 4.69) is 15.1 Å². The van der Waals surface area contributed by atoms with Crippen LogP contribution in [0.4, 0.5) is 4.39 Å². The molecule has 6 heteroatoms. The van der Waals surface area contributed by atoms with Gasteiger partial charge in [-0.05, 0) is 30.2 Å². The first kappa shape index (κ1) is 16.7. The SMILES string of the molecule is O=C(c1n[nH]c2ccccc12)N1CCCN(Cc2ccc(F)cc2)CC1. The maximum atomic E-state index is 13.0. The van der Waals surface area contributed by atoms with Crippen molar-refractivity contribution in [1.29, 1.82) is 0 Å². The molecule has 3 aromatic rings. The van der Waals surface area contributed by atoms with E-state index in [9.17, 15) is 9.18 Å². The number of H-pyrrole nitrogens is 1. The van der Waals surface area contributed by atoms with Crippen molar-refractivity contribution in [2.45, 2.75) is 13.0 Å². The van der Waals surface area contributed by atoms with Crippen molar-refractivity contribution in [3.8, 4) is 0 Å². The molecule has 1 fully saturated rings. The highest BCUT2D eigenvalue weighted by Gasteiger charge is 2.23. The molecule has 1 N–H and O–H groups in total. The Morgan fingerprint density at radius 3 is 2.69 bits per heavy atom. The van der Waals surface area contributed by atoms with Crippen molar-refractivity contribution in [3.05, 3.63) is 65.6 Å². The molecule has 26 heavy (non-hydrogen) atoms. The van der Waals surface area contributed by atoms with Gasteiger partial charge in [0.1, 0.15) is 5.82 Å². The first-order valence-corrected chi connectivity index (χ1v) is 8.90. The van der Waals surface area contributed by atoms with E-state index in [-0.39, 0.29) is 11.7 Å². The highest BCUT2D eigenvalue weighted by molar-refractivity contribution is 6.04. The summed E-state index contributed by atoms with van der Waals surface area (Å²) in [5.41, 5.74) is 2.46. The minimum absolute atomic E-state index is 0.0221. The van der Waals surface area contributed by atoms with Crippen molar-refractivity contribution in [2.75, 3.05) is 26.2 Å². The van der Waals surface area contributed by atoms with Crippen LogP contribution in [-0.4, -0.2) is 52.1 Å². The Balaban J connectivity index is 1.43. The van der Waals surface area contributed by atoms with E-state index in [0.717, 1.165) is 49.1 Å². The van der Waals surface area contributed by atoms with Gasteiger partial charge in [-0.25, -0.2) is 4.39 Å². The van der Waals surface area contributed by atoms with Crippen LogP contribution in [0.3, 0.4) is 0 Å². The molecule has 1 amide bonds. The second-order valence-corrected chi connectivity index (χ2v) is 6.67. The second-order valence-electron chi connectivity index (χ2n) is 6.67. The summed E-state index contributed by atoms with van der Waals surface area (Å²) in [6, 6.07) is 14.3. The topological polar surface area (TPSA) is 52.2 Å². The van der Waals surface area contributed by atoms with E-state index in [1.54, 1.807) is 0 Å². The lowest BCUT2D eigenvalue weighted by Gasteiger charge is -2.21. The monoisotopic (exact) mass is 352 g/mol. The van der Waals surface area contributed by atoms with Gasteiger partial charge in [-0.1, -0.05) is 30.3 Å². The number of para-hydroxylation sites is 1. The van der Waals surface area contributed by atoms with Crippen LogP contribution >= 0.6 is 0 Å². The number of nitrogens with one attached hydrogen (secondary N) is 1. The van der Waals surface area contributed by atoms with Crippen LogP contribution < -0.4 is 0 Å². The van der Waals surface area contributed by atoms with Crippen molar-refractivity contribution in [1.82, 2.24) is 20.0 Å². The Morgan fingerprint density at radius 1 is 1.04 bits per heavy atom. The molecular weight excluding hydrogens is 331 g/mol. The van der Waals surface area contributed by atoms with Crippen LogP contribution in [0, 0.1) is 5.82 Å². The number of fused-ring (bicyclic) bond motifs is 1. The minimum Gasteiger partial charge on any atom is -0.336 e. The zero-order valence-electron chi connectivity index (χ0n) is 14.5. The van der Waals surface area contributed by atoms with Gasteiger partial charge in [0.2, 0.25) is 0 Å². The molecule has 0 aliphatic carbocycles. The molecule has 1 saturated heterocycles. The zero-order valence-corrected chi connectivity index (χ0v) is 14.5. The molecule has 1 aromatic heterocycles. The van der Waals surface area contributed by atoms with Gasteiger partial charge in [0, 0.05) is 38.1 Å². The Labute approximate surface area is 151 Å². The molecule has 4 rings (SSSR count). The average Bonchev–Trinajstić information content (AvgIpc) is 2.95. The first-order chi connectivity index (χ1) is 12.7. The largest absolute Gasteiger partial charge is 0.336 e. The average molecular weight is 352 g/mol. The van der Waals surface area contributed by atoms with Crippen LogP contribution in [0.2, 0.25) is 0 Å². The quantitative estimate of drug-likeness (QED) is 0.788. The number of rotatable bonds is 3. The smallest absolute Gasteiger partial charge is 0.275 e. The molecule has 2 aromatic carbocycles. The van der Waals surface area contributed by atoms with E-state index in [4.69, 9.17) is 0 Å². The standard InChI is InChI=1S/C20H21FN4O/c21-16-8-6-15(7-9-16)14-24-10-3-11-25(13-12-24)20(26)19-17-4-1-2-5-18(17)22-23-19/h1-2,4-9H,3,10-14H2,(H,22,23). The number of nitrogens with zero attached hydrogens (tertiary/aromatic N) is 3. The van der Waals surface area contributed by atoms with Crippen LogP contribution in [0.1, 0.15) is 22.5 Å². The number of hydrogen-bond donors (Lipinski definition) is 1. The number of benzene rings is 2. The van der Waals surface area contributed by atoms with Crippen LogP contribution in [0.15, 0.2) is 48.5 Å². The van der Waals surface area contributed by atoms with Gasteiger partial charge in [-0.2, -0.15) is 5.10 Å². The van der Waals surface area contributed by atoms with Crippen molar-refractivity contribution >= 4 is 16.8 Å². The number of carbonyl (C=O) groups excluding carboxylic acids is 1. The highest BCUT2D eigenvalue weighted by Crippen LogP contribution is 2.18. The fourth-order valence-electron chi connectivity index (χ4n) is 3.46. The summed E-state index contributed by atoms with van der Waals surface area (Å²) in [6.45, 7) is 3.88. The van der Waals surface area contributed by atoms with Gasteiger partial charge in [0.05, 0.1) is 5.52 Å². The second kappa shape index (κ2) is 7.25. The lowest BCUT2D eigenvalue weighted by molar-refractivity contribution is 0.0757. The van der Waals surface area contributed by atoms with Crippen molar-refractivity contribution < 1.29 is 9.18 Å². The van der Waals surface area contributed by atoms with E-state index in [1.807, 2.05) is 41.3 Å². The molecule has 0 unspecified atom stereocenters. The minimum atomic E-state index is -0.215. The Bertz CT molecular complexity index is 906. The number of amides is 1. The van der Waals surface area contributed by atoms with E-state index in [0.29, 0.717) is 12.2 Å². The lowest BCUT2D eigenvalue weighted by atomic mass is 10.2. The van der Waals surface area contributed by atoms with Gasteiger partial charge in [-0.3, -0.25) is 14.8 Å².